The summed E-state index contributed by atoms with van der Waals surface area (Å²) < 4.78 is 41.7. The molecule has 182 valence electrons. The van der Waals surface area contributed by atoms with Crippen LogP contribution in [0.15, 0.2) is 46.1 Å². The highest BCUT2D eigenvalue weighted by molar-refractivity contribution is 5.57. The van der Waals surface area contributed by atoms with E-state index < -0.39 is 23.0 Å². The number of alkyl halides is 3. The Labute approximate surface area is 194 Å². The largest absolute Gasteiger partial charge is 0.416 e. The van der Waals surface area contributed by atoms with E-state index in [0.29, 0.717) is 24.2 Å². The van der Waals surface area contributed by atoms with Gasteiger partial charge in [-0.15, -0.1) is 0 Å². The third-order valence-corrected chi connectivity index (χ3v) is 6.62. The maximum absolute atomic E-state index is 12.9. The monoisotopic (exact) mass is 475 g/mol. The summed E-state index contributed by atoms with van der Waals surface area (Å²) in [7, 11) is 1.75. The highest BCUT2D eigenvalue weighted by Gasteiger charge is 2.36. The SMILES string of the molecule is Cc1cc(-c2cn(CCCN3CC[C@](C)(c4ccc(C(F)(F)F)cc4)C3)c(=O)[nH]c2=O)n(C)n1. The highest BCUT2D eigenvalue weighted by Crippen LogP contribution is 2.36. The lowest BCUT2D eigenvalue weighted by molar-refractivity contribution is -0.137. The molecule has 0 unspecified atom stereocenters. The number of halogens is 3. The van der Waals surface area contributed by atoms with Gasteiger partial charge in [0, 0.05) is 31.7 Å². The molecule has 3 aromatic rings. The molecule has 7 nitrogen and oxygen atoms in total. The van der Waals surface area contributed by atoms with Crippen LogP contribution in [-0.2, 0) is 25.2 Å². The van der Waals surface area contributed by atoms with Gasteiger partial charge in [-0.3, -0.25) is 19.0 Å². The summed E-state index contributed by atoms with van der Waals surface area (Å²) in [6, 6.07) is 7.24. The summed E-state index contributed by atoms with van der Waals surface area (Å²) >= 11 is 0. The van der Waals surface area contributed by atoms with E-state index in [1.54, 1.807) is 36.1 Å². The van der Waals surface area contributed by atoms with Crippen molar-refractivity contribution in [3.63, 3.8) is 0 Å². The number of nitrogens with one attached hydrogen (secondary N) is 1. The summed E-state index contributed by atoms with van der Waals surface area (Å²) in [5.74, 6) is 0. The summed E-state index contributed by atoms with van der Waals surface area (Å²) in [5.41, 5.74) is 0.944. The molecule has 1 aliphatic heterocycles. The second-order valence-corrected chi connectivity index (χ2v) is 9.31. The summed E-state index contributed by atoms with van der Waals surface area (Å²) in [6.07, 6.45) is -1.22. The van der Waals surface area contributed by atoms with Crippen molar-refractivity contribution in [2.45, 2.75) is 44.8 Å². The van der Waals surface area contributed by atoms with Crippen LogP contribution < -0.4 is 11.2 Å². The Hall–Kier alpha value is -3.14. The Balaban J connectivity index is 1.40. The lowest BCUT2D eigenvalue weighted by atomic mass is 9.81. The van der Waals surface area contributed by atoms with Gasteiger partial charge < -0.3 is 4.90 Å². The zero-order chi connectivity index (χ0) is 24.7. The molecule has 1 saturated heterocycles. The molecule has 0 amide bonds. The van der Waals surface area contributed by atoms with Gasteiger partial charge >= 0.3 is 11.9 Å². The number of rotatable bonds is 6. The fourth-order valence-electron chi connectivity index (χ4n) is 4.73. The van der Waals surface area contributed by atoms with Gasteiger partial charge in [0.1, 0.15) is 0 Å². The predicted molar refractivity (Wildman–Crippen MR) is 123 cm³/mol. The van der Waals surface area contributed by atoms with Crippen LogP contribution in [0.3, 0.4) is 0 Å². The van der Waals surface area contributed by atoms with Crippen LogP contribution >= 0.6 is 0 Å². The van der Waals surface area contributed by atoms with Crippen LogP contribution in [0.2, 0.25) is 0 Å². The average Bonchev–Trinajstić information content (AvgIpc) is 3.31. The minimum absolute atomic E-state index is 0.219. The lowest BCUT2D eigenvalue weighted by Crippen LogP contribution is -2.32. The van der Waals surface area contributed by atoms with E-state index >= 15 is 0 Å². The van der Waals surface area contributed by atoms with Crippen molar-refractivity contribution in [2.24, 2.45) is 7.05 Å². The average molecular weight is 476 g/mol. The van der Waals surface area contributed by atoms with E-state index in [1.165, 1.54) is 4.57 Å². The van der Waals surface area contributed by atoms with Crippen LogP contribution in [-0.4, -0.2) is 43.9 Å². The molecule has 34 heavy (non-hydrogen) atoms. The van der Waals surface area contributed by atoms with Crippen molar-refractivity contribution in [1.29, 1.82) is 0 Å². The normalized spacial score (nSPS) is 19.1. The number of aryl methyl sites for hydroxylation is 3. The zero-order valence-electron chi connectivity index (χ0n) is 19.4. The molecule has 4 rings (SSSR count). The van der Waals surface area contributed by atoms with E-state index in [2.05, 4.69) is 21.9 Å². The van der Waals surface area contributed by atoms with E-state index in [9.17, 15) is 22.8 Å². The van der Waals surface area contributed by atoms with Gasteiger partial charge in [-0.1, -0.05) is 19.1 Å². The van der Waals surface area contributed by atoms with Crippen LogP contribution in [0, 0.1) is 6.92 Å². The lowest BCUT2D eigenvalue weighted by Gasteiger charge is -2.26. The third-order valence-electron chi connectivity index (χ3n) is 6.62. The molecule has 1 atom stereocenters. The second kappa shape index (κ2) is 8.90. The summed E-state index contributed by atoms with van der Waals surface area (Å²) in [6.45, 7) is 6.65. The fourth-order valence-corrected chi connectivity index (χ4v) is 4.73. The van der Waals surface area contributed by atoms with E-state index in [1.807, 2.05) is 6.92 Å². The molecule has 0 spiro atoms. The molecule has 1 N–H and O–H groups in total. The van der Waals surface area contributed by atoms with Crippen LogP contribution in [0.25, 0.3) is 11.3 Å². The molecule has 0 aliphatic carbocycles. The molecule has 0 bridgehead atoms. The first-order valence-electron chi connectivity index (χ1n) is 11.2. The first-order valence-corrected chi connectivity index (χ1v) is 11.2. The third kappa shape index (κ3) is 4.86. The van der Waals surface area contributed by atoms with Gasteiger partial charge in [0.25, 0.3) is 5.56 Å². The van der Waals surface area contributed by atoms with Crippen molar-refractivity contribution in [3.8, 4) is 11.3 Å². The molecular weight excluding hydrogens is 447 g/mol. The Morgan fingerprint density at radius 2 is 1.85 bits per heavy atom. The van der Waals surface area contributed by atoms with Gasteiger partial charge in [-0.2, -0.15) is 18.3 Å². The Morgan fingerprint density at radius 1 is 1.15 bits per heavy atom. The van der Waals surface area contributed by atoms with Gasteiger partial charge in [0.15, 0.2) is 0 Å². The summed E-state index contributed by atoms with van der Waals surface area (Å²) in [4.78, 5) is 29.3. The van der Waals surface area contributed by atoms with Gasteiger partial charge in [0.05, 0.1) is 22.5 Å². The molecule has 2 aromatic heterocycles. The fraction of sp³-hybridized carbons (Fsp3) is 0.458. The van der Waals surface area contributed by atoms with E-state index in [0.717, 1.165) is 49.4 Å². The zero-order valence-corrected chi connectivity index (χ0v) is 19.4. The Bertz CT molecular complexity index is 1290. The predicted octanol–water partition coefficient (Wildman–Crippen LogP) is 3.32. The minimum Gasteiger partial charge on any atom is -0.302 e. The number of benzene rings is 1. The first kappa shape index (κ1) is 24.0. The number of hydrogen-bond donors (Lipinski definition) is 1. The number of nitrogens with zero attached hydrogens (tertiary/aromatic N) is 4. The van der Waals surface area contributed by atoms with Gasteiger partial charge in [-0.25, -0.2) is 4.79 Å². The molecule has 0 saturated carbocycles. The molecule has 1 fully saturated rings. The van der Waals surface area contributed by atoms with Crippen LogP contribution in [0.1, 0.15) is 36.6 Å². The topological polar surface area (TPSA) is 75.9 Å². The Morgan fingerprint density at radius 3 is 2.47 bits per heavy atom. The molecule has 10 heteroatoms. The van der Waals surface area contributed by atoms with Crippen molar-refractivity contribution in [3.05, 3.63) is 74.2 Å². The molecule has 3 heterocycles. The van der Waals surface area contributed by atoms with Gasteiger partial charge in [-0.05, 0) is 56.6 Å². The number of H-pyrrole nitrogens is 1. The number of hydrogen-bond acceptors (Lipinski definition) is 4. The smallest absolute Gasteiger partial charge is 0.302 e. The first-order chi connectivity index (χ1) is 16.0. The molecular formula is C24H28F3N5O2. The van der Waals surface area contributed by atoms with E-state index in [4.69, 9.17) is 0 Å². The number of aromatic nitrogens is 4. The van der Waals surface area contributed by atoms with Crippen LogP contribution in [0.5, 0.6) is 0 Å². The Kier molecular flexibility index (Phi) is 6.28. The molecule has 1 aromatic carbocycles. The van der Waals surface area contributed by atoms with Crippen molar-refractivity contribution in [2.75, 3.05) is 19.6 Å². The standard InChI is InChI=1S/C24H28F3N5O2/c1-16-13-20(30(3)29-16)19-14-32(22(34)28-21(19)33)11-4-10-31-12-9-23(2,15-31)17-5-7-18(8-6-17)24(25,26)27/h5-8,13-14H,4,9-12,15H2,1-3H3,(H,28,33,34)/t23-/m0/s1. The molecule has 1 aliphatic rings. The van der Waals surface area contributed by atoms with Crippen LogP contribution in [0.4, 0.5) is 13.2 Å². The van der Waals surface area contributed by atoms with Gasteiger partial charge in [0.2, 0.25) is 0 Å². The quantitative estimate of drug-likeness (QED) is 0.594. The number of likely N-dealkylation sites (tertiary alicyclic amines) is 1. The van der Waals surface area contributed by atoms with Crippen molar-refractivity contribution >= 4 is 0 Å². The minimum atomic E-state index is -4.34. The second-order valence-electron chi connectivity index (χ2n) is 9.31. The van der Waals surface area contributed by atoms with E-state index in [-0.39, 0.29) is 5.41 Å². The number of aromatic amines is 1. The summed E-state index contributed by atoms with van der Waals surface area (Å²) in [5, 5.41) is 4.26. The maximum atomic E-state index is 12.9. The highest BCUT2D eigenvalue weighted by atomic mass is 19.4. The van der Waals surface area contributed by atoms with Crippen molar-refractivity contribution < 1.29 is 13.2 Å². The maximum Gasteiger partial charge on any atom is 0.416 e. The molecule has 0 radical (unpaired) electrons. The van der Waals surface area contributed by atoms with Crippen molar-refractivity contribution in [1.82, 2.24) is 24.2 Å².